The summed E-state index contributed by atoms with van der Waals surface area (Å²) >= 11 is 2.50. The van der Waals surface area contributed by atoms with Gasteiger partial charge in [-0.1, -0.05) is 34.5 Å². The maximum atomic E-state index is 5.42. The van der Waals surface area contributed by atoms with Gasteiger partial charge in [0.2, 0.25) is 0 Å². The van der Waals surface area contributed by atoms with Crippen LogP contribution in [0.25, 0.3) is 11.4 Å². The van der Waals surface area contributed by atoms with Crippen molar-refractivity contribution in [2.75, 3.05) is 0 Å². The average Bonchev–Trinajstić information content (AvgIpc) is 3.01. The molecule has 2 heterocycles. The summed E-state index contributed by atoms with van der Waals surface area (Å²) in [6, 6.07) is 0. The normalized spacial score (nSPS) is 8.89. The topological polar surface area (TPSA) is 25.8 Å². The van der Waals surface area contributed by atoms with Gasteiger partial charge in [-0.3, -0.25) is 0 Å². The first-order chi connectivity index (χ1) is 8.73. The van der Waals surface area contributed by atoms with E-state index >= 15 is 0 Å². The van der Waals surface area contributed by atoms with Crippen molar-refractivity contribution >= 4 is 22.7 Å². The first-order valence-corrected chi connectivity index (χ1v) is 6.25. The minimum atomic E-state index is 0.496. The zero-order chi connectivity index (χ0) is 13.1. The van der Waals surface area contributed by atoms with Crippen LogP contribution < -0.4 is 0 Å². The second-order valence-electron chi connectivity index (χ2n) is 2.97. The molecule has 0 unspecified atom stereocenters. The lowest BCUT2D eigenvalue weighted by molar-refractivity contribution is 1.29. The van der Waals surface area contributed by atoms with E-state index in [2.05, 4.69) is 33.6 Å². The summed E-state index contributed by atoms with van der Waals surface area (Å²) in [7, 11) is 0. The molecule has 0 fully saturated rings. The predicted molar refractivity (Wildman–Crippen MR) is 75.0 cm³/mol. The molecule has 82 valence electrons. The van der Waals surface area contributed by atoms with Crippen molar-refractivity contribution < 1.29 is 0 Å². The van der Waals surface area contributed by atoms with Gasteiger partial charge in [0, 0.05) is 0 Å². The van der Waals surface area contributed by atoms with Crippen molar-refractivity contribution in [1.82, 2.24) is 9.97 Å². The molecule has 0 aromatic carbocycles. The SMILES string of the molecule is C#Cc1nc(-c2nc(C#C)sc2C#C)c(C#C)s1. The molecule has 2 aromatic rings. The maximum absolute atomic E-state index is 5.42. The molecule has 0 amide bonds. The van der Waals surface area contributed by atoms with Crippen LogP contribution in [-0.4, -0.2) is 9.97 Å². The van der Waals surface area contributed by atoms with Gasteiger partial charge in [-0.15, -0.1) is 25.7 Å². The monoisotopic (exact) mass is 264 g/mol. The Morgan fingerprint density at radius 3 is 1.33 bits per heavy atom. The fourth-order valence-electron chi connectivity index (χ4n) is 1.28. The standard InChI is InChI=1S/C14H4N2S2/c1-5-9-13(15-11(7-3)17-9)14-10(6-2)18-12(8-4)16-14/h1-4H. The van der Waals surface area contributed by atoms with Gasteiger partial charge >= 0.3 is 0 Å². The van der Waals surface area contributed by atoms with Gasteiger partial charge < -0.3 is 0 Å². The van der Waals surface area contributed by atoms with Crippen molar-refractivity contribution in [3.05, 3.63) is 19.8 Å². The Labute approximate surface area is 113 Å². The third kappa shape index (κ3) is 1.88. The maximum Gasteiger partial charge on any atom is 0.168 e. The zero-order valence-corrected chi connectivity index (χ0v) is 10.7. The molecule has 0 saturated carbocycles. The number of rotatable bonds is 1. The number of aromatic nitrogens is 2. The second kappa shape index (κ2) is 4.79. The third-order valence-corrected chi connectivity index (χ3v) is 3.82. The van der Waals surface area contributed by atoms with Crippen molar-refractivity contribution in [2.45, 2.75) is 0 Å². The van der Waals surface area contributed by atoms with Crippen molar-refractivity contribution in [1.29, 1.82) is 0 Å². The molecular weight excluding hydrogens is 260 g/mol. The lowest BCUT2D eigenvalue weighted by Crippen LogP contribution is -1.85. The van der Waals surface area contributed by atoms with Gasteiger partial charge in [-0.25, -0.2) is 9.97 Å². The summed E-state index contributed by atoms with van der Waals surface area (Å²) in [5, 5.41) is 0.993. The summed E-state index contributed by atoms with van der Waals surface area (Å²) in [5.74, 6) is 9.96. The molecule has 2 aromatic heterocycles. The molecule has 0 aliphatic carbocycles. The average molecular weight is 264 g/mol. The number of thiazole rings is 2. The molecule has 0 N–H and O–H groups in total. The Morgan fingerprint density at radius 2 is 1.06 bits per heavy atom. The molecular formula is C14H4N2S2. The van der Waals surface area contributed by atoms with E-state index in [-0.39, 0.29) is 0 Å². The lowest BCUT2D eigenvalue weighted by atomic mass is 10.2. The van der Waals surface area contributed by atoms with Gasteiger partial charge in [0.1, 0.15) is 21.1 Å². The van der Waals surface area contributed by atoms with Crippen LogP contribution in [0.3, 0.4) is 0 Å². The van der Waals surface area contributed by atoms with Crippen LogP contribution in [0.4, 0.5) is 0 Å². The van der Waals surface area contributed by atoms with Gasteiger partial charge in [-0.05, 0) is 11.8 Å². The number of hydrogen-bond acceptors (Lipinski definition) is 4. The highest BCUT2D eigenvalue weighted by molar-refractivity contribution is 7.14. The Kier molecular flexibility index (Phi) is 3.18. The number of terminal acetylenes is 4. The summed E-state index contributed by atoms with van der Waals surface area (Å²) in [6.07, 6.45) is 21.5. The van der Waals surface area contributed by atoms with Crippen molar-refractivity contribution in [3.8, 4) is 60.8 Å². The predicted octanol–water partition coefficient (Wildman–Crippen LogP) is 2.19. The number of hydrogen-bond donors (Lipinski definition) is 0. The highest BCUT2D eigenvalue weighted by Gasteiger charge is 2.18. The zero-order valence-electron chi connectivity index (χ0n) is 9.02. The van der Waals surface area contributed by atoms with Crippen LogP contribution >= 0.6 is 22.7 Å². The fraction of sp³-hybridized carbons (Fsp3) is 0. The summed E-state index contributed by atoms with van der Waals surface area (Å²) in [6.45, 7) is 0. The van der Waals surface area contributed by atoms with Gasteiger partial charge in [0.25, 0.3) is 0 Å². The molecule has 0 radical (unpaired) electrons. The molecule has 0 aliphatic rings. The molecule has 0 bridgehead atoms. The first-order valence-electron chi connectivity index (χ1n) is 4.62. The van der Waals surface area contributed by atoms with E-state index in [4.69, 9.17) is 25.7 Å². The lowest BCUT2D eigenvalue weighted by Gasteiger charge is -1.92. The molecule has 4 heteroatoms. The molecule has 0 atom stereocenters. The largest absolute Gasteiger partial charge is 0.224 e. The quantitative estimate of drug-likeness (QED) is 0.738. The Balaban J connectivity index is 2.71. The minimum Gasteiger partial charge on any atom is -0.224 e. The molecule has 18 heavy (non-hydrogen) atoms. The van der Waals surface area contributed by atoms with E-state index in [0.717, 1.165) is 0 Å². The molecule has 0 aliphatic heterocycles. The van der Waals surface area contributed by atoms with Crippen LogP contribution in [-0.2, 0) is 0 Å². The van der Waals surface area contributed by atoms with E-state index in [1.54, 1.807) is 0 Å². The van der Waals surface area contributed by atoms with E-state index in [1.807, 2.05) is 0 Å². The van der Waals surface area contributed by atoms with Gasteiger partial charge in [0.15, 0.2) is 10.0 Å². The summed E-state index contributed by atoms with van der Waals surface area (Å²) < 4.78 is 0. The molecule has 0 saturated heterocycles. The smallest absolute Gasteiger partial charge is 0.168 e. The Morgan fingerprint density at radius 1 is 0.667 bits per heavy atom. The van der Waals surface area contributed by atoms with E-state index in [9.17, 15) is 0 Å². The molecule has 2 nitrogen and oxygen atoms in total. The second-order valence-corrected chi connectivity index (χ2v) is 4.97. The Hall–Kier alpha value is -2.50. The third-order valence-electron chi connectivity index (χ3n) is 1.99. The summed E-state index contributed by atoms with van der Waals surface area (Å²) in [5.41, 5.74) is 1.06. The van der Waals surface area contributed by atoms with Crippen LogP contribution in [0.2, 0.25) is 0 Å². The highest BCUT2D eigenvalue weighted by Crippen LogP contribution is 2.31. The van der Waals surface area contributed by atoms with Crippen LogP contribution in [0, 0.1) is 49.4 Å². The van der Waals surface area contributed by atoms with Crippen LogP contribution in [0.1, 0.15) is 19.8 Å². The highest BCUT2D eigenvalue weighted by atomic mass is 32.1. The fourth-order valence-corrected chi connectivity index (χ4v) is 2.65. The van der Waals surface area contributed by atoms with E-state index < -0.39 is 0 Å². The van der Waals surface area contributed by atoms with Crippen molar-refractivity contribution in [2.24, 2.45) is 0 Å². The van der Waals surface area contributed by atoms with Crippen LogP contribution in [0.15, 0.2) is 0 Å². The van der Waals surface area contributed by atoms with Crippen LogP contribution in [0.5, 0.6) is 0 Å². The van der Waals surface area contributed by atoms with Crippen molar-refractivity contribution in [3.63, 3.8) is 0 Å². The minimum absolute atomic E-state index is 0.496. The van der Waals surface area contributed by atoms with Gasteiger partial charge in [0.05, 0.1) is 0 Å². The summed E-state index contributed by atoms with van der Waals surface area (Å²) in [4.78, 5) is 9.70. The van der Waals surface area contributed by atoms with E-state index in [1.165, 1.54) is 22.7 Å². The number of nitrogens with zero attached hydrogens (tertiary/aromatic N) is 2. The van der Waals surface area contributed by atoms with Gasteiger partial charge in [-0.2, -0.15) is 0 Å². The Bertz CT molecular complexity index is 712. The molecule has 0 spiro atoms. The van der Waals surface area contributed by atoms with E-state index in [0.29, 0.717) is 31.2 Å². The first kappa shape index (κ1) is 12.0. The molecule has 2 rings (SSSR count).